The molecular weight excluding hydrogens is 184 g/mol. The van der Waals surface area contributed by atoms with Crippen molar-refractivity contribution >= 4 is 18.5 Å². The average molecular weight is 199 g/mol. The number of nitrogens with one attached hydrogen (secondary N) is 1. The van der Waals surface area contributed by atoms with Crippen molar-refractivity contribution in [1.82, 2.24) is 5.43 Å². The molecule has 0 aromatic heterocycles. The topological polar surface area (TPSA) is 38.0 Å². The molecule has 1 rings (SSSR count). The zero-order valence-electron chi connectivity index (χ0n) is 7.66. The summed E-state index contributed by atoms with van der Waals surface area (Å²) in [6, 6.07) is 10.2. The maximum Gasteiger partial charge on any atom is 0.0308 e. The molecule has 0 radical (unpaired) electrons. The van der Waals surface area contributed by atoms with Crippen LogP contribution in [0.4, 0.5) is 0 Å². The summed E-state index contributed by atoms with van der Waals surface area (Å²) >= 11 is 0. The van der Waals surface area contributed by atoms with E-state index in [1.165, 1.54) is 11.1 Å². The van der Waals surface area contributed by atoms with Gasteiger partial charge in [-0.2, -0.15) is 0 Å². The Hall–Kier alpha value is -0.830. The summed E-state index contributed by atoms with van der Waals surface area (Å²) in [5.74, 6) is 5.19. The van der Waals surface area contributed by atoms with E-state index in [2.05, 4.69) is 23.6 Å². The highest BCUT2D eigenvalue weighted by molar-refractivity contribution is 5.85. The lowest BCUT2D eigenvalue weighted by atomic mass is 10.1. The molecule has 0 spiro atoms. The molecule has 0 bridgehead atoms. The van der Waals surface area contributed by atoms with Crippen molar-refractivity contribution in [2.24, 2.45) is 5.84 Å². The van der Waals surface area contributed by atoms with Crippen LogP contribution in [0.25, 0.3) is 6.08 Å². The van der Waals surface area contributed by atoms with Gasteiger partial charge in [0.15, 0.2) is 0 Å². The maximum atomic E-state index is 5.19. The number of hydrazine groups is 1. The lowest BCUT2D eigenvalue weighted by Gasteiger charge is -1.98. The van der Waals surface area contributed by atoms with Crippen LogP contribution in [0.15, 0.2) is 35.9 Å². The standard InChI is InChI=1S/C10H14N2.ClH/c1-9(8-12-11)7-10-5-3-2-4-6-10;/h2-7,12H,8,11H2,1H3;1H. The fraction of sp³-hybridized carbons (Fsp3) is 0.200. The zero-order valence-corrected chi connectivity index (χ0v) is 8.47. The van der Waals surface area contributed by atoms with E-state index in [9.17, 15) is 0 Å². The highest BCUT2D eigenvalue weighted by atomic mass is 35.5. The second kappa shape index (κ2) is 6.66. The smallest absolute Gasteiger partial charge is 0.0308 e. The summed E-state index contributed by atoms with van der Waals surface area (Å²) in [6.07, 6.45) is 2.11. The number of benzene rings is 1. The van der Waals surface area contributed by atoms with Crippen molar-refractivity contribution in [3.63, 3.8) is 0 Å². The average Bonchev–Trinajstić information content (AvgIpc) is 2.06. The molecule has 0 aliphatic rings. The number of hydrogen-bond acceptors (Lipinski definition) is 2. The lowest BCUT2D eigenvalue weighted by molar-refractivity contribution is 0.799. The first-order valence-corrected chi connectivity index (χ1v) is 3.98. The summed E-state index contributed by atoms with van der Waals surface area (Å²) in [6.45, 7) is 2.78. The Balaban J connectivity index is 0.00000144. The molecule has 3 heteroatoms. The molecule has 1 aromatic carbocycles. The number of hydrogen-bond donors (Lipinski definition) is 2. The summed E-state index contributed by atoms with van der Waals surface area (Å²) in [4.78, 5) is 0. The summed E-state index contributed by atoms with van der Waals surface area (Å²) in [7, 11) is 0. The van der Waals surface area contributed by atoms with E-state index >= 15 is 0 Å². The van der Waals surface area contributed by atoms with Crippen molar-refractivity contribution in [2.75, 3.05) is 6.54 Å². The van der Waals surface area contributed by atoms with Crippen LogP contribution >= 0.6 is 12.4 Å². The van der Waals surface area contributed by atoms with Gasteiger partial charge in [0.05, 0.1) is 0 Å². The first-order chi connectivity index (χ1) is 5.83. The molecule has 0 unspecified atom stereocenters. The minimum atomic E-state index is 0. The Kier molecular flexibility index (Phi) is 6.24. The van der Waals surface area contributed by atoms with Crippen LogP contribution < -0.4 is 11.3 Å². The SMILES string of the molecule is CC(=Cc1ccccc1)CNN.Cl. The molecule has 0 heterocycles. The second-order valence-electron chi connectivity index (χ2n) is 2.78. The largest absolute Gasteiger partial charge is 0.271 e. The number of rotatable bonds is 3. The Labute approximate surface area is 85.2 Å². The Morgan fingerprint density at radius 1 is 1.38 bits per heavy atom. The predicted octanol–water partition coefficient (Wildman–Crippen LogP) is 1.97. The molecule has 3 N–H and O–H groups in total. The van der Waals surface area contributed by atoms with Gasteiger partial charge in [0.1, 0.15) is 0 Å². The van der Waals surface area contributed by atoms with Crippen LogP contribution in [-0.4, -0.2) is 6.54 Å². The first kappa shape index (κ1) is 12.2. The van der Waals surface area contributed by atoms with E-state index in [4.69, 9.17) is 5.84 Å². The predicted molar refractivity (Wildman–Crippen MR) is 59.5 cm³/mol. The van der Waals surface area contributed by atoms with E-state index < -0.39 is 0 Å². The van der Waals surface area contributed by atoms with Crippen molar-refractivity contribution in [3.8, 4) is 0 Å². The van der Waals surface area contributed by atoms with Crippen LogP contribution in [0, 0.1) is 0 Å². The van der Waals surface area contributed by atoms with Crippen LogP contribution in [0.5, 0.6) is 0 Å². The van der Waals surface area contributed by atoms with Gasteiger partial charge in [-0.05, 0) is 12.5 Å². The van der Waals surface area contributed by atoms with Gasteiger partial charge in [0.2, 0.25) is 0 Å². The van der Waals surface area contributed by atoms with Crippen molar-refractivity contribution in [1.29, 1.82) is 0 Å². The summed E-state index contributed by atoms with van der Waals surface area (Å²) in [5.41, 5.74) is 5.06. The van der Waals surface area contributed by atoms with E-state index in [0.717, 1.165) is 6.54 Å². The Morgan fingerprint density at radius 3 is 2.54 bits per heavy atom. The lowest BCUT2D eigenvalue weighted by Crippen LogP contribution is -2.23. The highest BCUT2D eigenvalue weighted by Crippen LogP contribution is 2.04. The molecule has 0 amide bonds. The van der Waals surface area contributed by atoms with Gasteiger partial charge in [-0.1, -0.05) is 42.0 Å². The van der Waals surface area contributed by atoms with Crippen LogP contribution in [0.2, 0.25) is 0 Å². The van der Waals surface area contributed by atoms with Crippen molar-refractivity contribution < 1.29 is 0 Å². The third kappa shape index (κ3) is 4.68. The van der Waals surface area contributed by atoms with Crippen LogP contribution in [0.1, 0.15) is 12.5 Å². The second-order valence-corrected chi connectivity index (χ2v) is 2.78. The fourth-order valence-corrected chi connectivity index (χ4v) is 1.05. The van der Waals surface area contributed by atoms with Crippen LogP contribution in [-0.2, 0) is 0 Å². The number of halogens is 1. The molecule has 0 aliphatic heterocycles. The normalized spacial score (nSPS) is 10.8. The van der Waals surface area contributed by atoms with E-state index in [0.29, 0.717) is 0 Å². The maximum absolute atomic E-state index is 5.19. The third-order valence-electron chi connectivity index (χ3n) is 1.59. The van der Waals surface area contributed by atoms with Gasteiger partial charge in [-0.15, -0.1) is 12.4 Å². The molecule has 0 saturated heterocycles. The molecular formula is C10H15ClN2. The van der Waals surface area contributed by atoms with Gasteiger partial charge in [-0.25, -0.2) is 0 Å². The molecule has 0 atom stereocenters. The van der Waals surface area contributed by atoms with Crippen molar-refractivity contribution in [2.45, 2.75) is 6.92 Å². The summed E-state index contributed by atoms with van der Waals surface area (Å²) in [5, 5.41) is 0. The molecule has 2 nitrogen and oxygen atoms in total. The number of nitrogens with two attached hydrogens (primary N) is 1. The van der Waals surface area contributed by atoms with E-state index in [1.54, 1.807) is 0 Å². The van der Waals surface area contributed by atoms with E-state index in [1.807, 2.05) is 25.1 Å². The quantitative estimate of drug-likeness (QED) is 0.576. The van der Waals surface area contributed by atoms with Crippen LogP contribution in [0.3, 0.4) is 0 Å². The molecule has 0 fully saturated rings. The van der Waals surface area contributed by atoms with Gasteiger partial charge >= 0.3 is 0 Å². The van der Waals surface area contributed by atoms with Gasteiger partial charge in [-0.3, -0.25) is 11.3 Å². The Morgan fingerprint density at radius 2 is 2.00 bits per heavy atom. The molecule has 0 saturated carbocycles. The molecule has 0 aliphatic carbocycles. The monoisotopic (exact) mass is 198 g/mol. The Bertz CT molecular complexity index is 257. The third-order valence-corrected chi connectivity index (χ3v) is 1.59. The van der Waals surface area contributed by atoms with Crippen molar-refractivity contribution in [3.05, 3.63) is 41.5 Å². The van der Waals surface area contributed by atoms with Gasteiger partial charge in [0, 0.05) is 6.54 Å². The zero-order chi connectivity index (χ0) is 8.81. The molecule has 1 aromatic rings. The highest BCUT2D eigenvalue weighted by Gasteiger charge is 1.87. The summed E-state index contributed by atoms with van der Waals surface area (Å²) < 4.78 is 0. The van der Waals surface area contributed by atoms with Gasteiger partial charge < -0.3 is 0 Å². The fourth-order valence-electron chi connectivity index (χ4n) is 1.05. The minimum Gasteiger partial charge on any atom is -0.271 e. The minimum absolute atomic E-state index is 0. The molecule has 72 valence electrons. The van der Waals surface area contributed by atoms with Gasteiger partial charge in [0.25, 0.3) is 0 Å². The first-order valence-electron chi connectivity index (χ1n) is 3.98. The molecule has 13 heavy (non-hydrogen) atoms. The van der Waals surface area contributed by atoms with E-state index in [-0.39, 0.29) is 12.4 Å².